The van der Waals surface area contributed by atoms with Crippen LogP contribution < -0.4 is 15.4 Å². The summed E-state index contributed by atoms with van der Waals surface area (Å²) >= 11 is 5.84. The van der Waals surface area contributed by atoms with E-state index in [2.05, 4.69) is 10.6 Å². The van der Waals surface area contributed by atoms with E-state index < -0.39 is 11.8 Å². The van der Waals surface area contributed by atoms with Crippen LogP contribution in [0.25, 0.3) is 0 Å². The Kier molecular flexibility index (Phi) is 6.27. The monoisotopic (exact) mass is 299 g/mol. The van der Waals surface area contributed by atoms with Crippen LogP contribution in [0.4, 0.5) is 5.69 Å². The highest BCUT2D eigenvalue weighted by Gasteiger charge is 2.15. The summed E-state index contributed by atoms with van der Waals surface area (Å²) in [6.45, 7) is 1.05. The molecule has 0 saturated carbocycles. The molecule has 2 N–H and O–H groups in total. The Morgan fingerprint density at radius 1 is 1.30 bits per heavy atom. The number of halogens is 1. The predicted octanol–water partition coefficient (Wildman–Crippen LogP) is 0.965. The maximum absolute atomic E-state index is 11.7. The number of carbonyl (C=O) groups is 2. The summed E-state index contributed by atoms with van der Waals surface area (Å²) in [5.41, 5.74) is 0.354. The molecular formula is C13H18ClN3O3. The van der Waals surface area contributed by atoms with Gasteiger partial charge in [-0.05, 0) is 32.3 Å². The summed E-state index contributed by atoms with van der Waals surface area (Å²) in [5, 5.41) is 5.42. The lowest BCUT2D eigenvalue weighted by Crippen LogP contribution is -2.38. The second-order valence-corrected chi connectivity index (χ2v) is 4.79. The number of benzene rings is 1. The average molecular weight is 300 g/mol. The van der Waals surface area contributed by atoms with E-state index in [9.17, 15) is 9.59 Å². The Morgan fingerprint density at radius 2 is 2.00 bits per heavy atom. The summed E-state index contributed by atoms with van der Waals surface area (Å²) < 4.78 is 5.08. The highest BCUT2D eigenvalue weighted by molar-refractivity contribution is 6.40. The fraction of sp³-hybridized carbons (Fsp3) is 0.385. The molecule has 0 unspecified atom stereocenters. The quantitative estimate of drug-likeness (QED) is 0.795. The summed E-state index contributed by atoms with van der Waals surface area (Å²) in [4.78, 5) is 25.2. The van der Waals surface area contributed by atoms with Gasteiger partial charge < -0.3 is 20.3 Å². The minimum absolute atomic E-state index is 0.354. The maximum atomic E-state index is 11.7. The minimum atomic E-state index is -0.760. The van der Waals surface area contributed by atoms with Gasteiger partial charge in [-0.1, -0.05) is 11.6 Å². The average Bonchev–Trinajstić information content (AvgIpc) is 2.38. The molecule has 0 spiro atoms. The molecule has 20 heavy (non-hydrogen) atoms. The van der Waals surface area contributed by atoms with Crippen LogP contribution in [0.5, 0.6) is 5.75 Å². The van der Waals surface area contributed by atoms with E-state index in [0.717, 1.165) is 0 Å². The molecule has 0 bridgehead atoms. The fourth-order valence-corrected chi connectivity index (χ4v) is 1.60. The highest BCUT2D eigenvalue weighted by atomic mass is 35.5. The Labute approximate surface area is 123 Å². The number of ether oxygens (including phenoxy) is 1. The lowest BCUT2D eigenvalue weighted by molar-refractivity contribution is -0.136. The van der Waals surface area contributed by atoms with Crippen molar-refractivity contribution in [1.82, 2.24) is 10.2 Å². The number of rotatable bonds is 5. The van der Waals surface area contributed by atoms with Crippen molar-refractivity contribution in [1.29, 1.82) is 0 Å². The van der Waals surface area contributed by atoms with Crippen LogP contribution in [-0.2, 0) is 9.59 Å². The van der Waals surface area contributed by atoms with E-state index in [1.807, 2.05) is 19.0 Å². The number of nitrogens with one attached hydrogen (secondary N) is 2. The van der Waals surface area contributed by atoms with Crippen LogP contribution in [0.1, 0.15) is 0 Å². The molecule has 0 atom stereocenters. The lowest BCUT2D eigenvalue weighted by atomic mass is 10.3. The number of methoxy groups -OCH3 is 1. The van der Waals surface area contributed by atoms with Gasteiger partial charge in [0, 0.05) is 18.1 Å². The molecule has 0 aromatic heterocycles. The molecule has 2 amide bonds. The first kappa shape index (κ1) is 16.3. The molecule has 0 radical (unpaired) electrons. The third kappa shape index (κ3) is 5.07. The molecule has 0 aliphatic rings. The number of carbonyl (C=O) groups excluding carboxylic acids is 2. The Morgan fingerprint density at radius 3 is 2.60 bits per heavy atom. The molecule has 0 heterocycles. The van der Waals surface area contributed by atoms with Crippen molar-refractivity contribution in [2.45, 2.75) is 0 Å². The fourth-order valence-electron chi connectivity index (χ4n) is 1.43. The van der Waals surface area contributed by atoms with Gasteiger partial charge >= 0.3 is 11.8 Å². The largest absolute Gasteiger partial charge is 0.495 e. The molecule has 0 aliphatic heterocycles. The van der Waals surface area contributed by atoms with E-state index in [0.29, 0.717) is 29.5 Å². The van der Waals surface area contributed by atoms with Crippen LogP contribution in [-0.4, -0.2) is 51.0 Å². The first-order valence-corrected chi connectivity index (χ1v) is 6.39. The first-order valence-electron chi connectivity index (χ1n) is 6.01. The number of anilines is 1. The molecule has 7 heteroatoms. The second-order valence-electron chi connectivity index (χ2n) is 4.36. The molecule has 0 saturated heterocycles. The molecule has 1 aromatic rings. The van der Waals surface area contributed by atoms with Gasteiger partial charge in [0.15, 0.2) is 0 Å². The topological polar surface area (TPSA) is 70.7 Å². The number of hydrogen-bond acceptors (Lipinski definition) is 4. The number of hydrogen-bond donors (Lipinski definition) is 2. The van der Waals surface area contributed by atoms with Crippen LogP contribution in [0.15, 0.2) is 18.2 Å². The number of amides is 2. The van der Waals surface area contributed by atoms with Gasteiger partial charge in [0.1, 0.15) is 5.75 Å². The highest BCUT2D eigenvalue weighted by Crippen LogP contribution is 2.27. The van der Waals surface area contributed by atoms with Crippen molar-refractivity contribution >= 4 is 29.1 Å². The van der Waals surface area contributed by atoms with E-state index in [-0.39, 0.29) is 0 Å². The molecule has 0 aliphatic carbocycles. The number of nitrogens with zero attached hydrogens (tertiary/aromatic N) is 1. The van der Waals surface area contributed by atoms with E-state index in [1.54, 1.807) is 12.1 Å². The Hall–Kier alpha value is -1.79. The summed E-state index contributed by atoms with van der Waals surface area (Å²) in [5.74, 6) is -1.03. The van der Waals surface area contributed by atoms with Gasteiger partial charge in [0.05, 0.1) is 12.8 Å². The number of likely N-dealkylation sites (N-methyl/N-ethyl adjacent to an activating group) is 1. The van der Waals surface area contributed by atoms with E-state index >= 15 is 0 Å². The van der Waals surface area contributed by atoms with Crippen molar-refractivity contribution in [3.8, 4) is 5.75 Å². The first-order chi connectivity index (χ1) is 9.43. The normalized spacial score (nSPS) is 10.2. The van der Waals surface area contributed by atoms with Crippen molar-refractivity contribution in [3.05, 3.63) is 23.2 Å². The van der Waals surface area contributed by atoms with E-state index in [1.165, 1.54) is 13.2 Å². The zero-order valence-corrected chi connectivity index (χ0v) is 12.5. The van der Waals surface area contributed by atoms with E-state index in [4.69, 9.17) is 16.3 Å². The predicted molar refractivity (Wildman–Crippen MR) is 78.2 cm³/mol. The van der Waals surface area contributed by atoms with Gasteiger partial charge in [0.2, 0.25) is 0 Å². The zero-order valence-electron chi connectivity index (χ0n) is 11.7. The van der Waals surface area contributed by atoms with Crippen LogP contribution in [0.2, 0.25) is 5.02 Å². The van der Waals surface area contributed by atoms with Crippen LogP contribution in [0, 0.1) is 0 Å². The lowest BCUT2D eigenvalue weighted by Gasteiger charge is -2.12. The summed E-state index contributed by atoms with van der Waals surface area (Å²) in [6, 6.07) is 4.76. The molecule has 0 fully saturated rings. The SMILES string of the molecule is COc1ccc(Cl)cc1NC(=O)C(=O)NCCN(C)C. The zero-order chi connectivity index (χ0) is 15.1. The second kappa shape index (κ2) is 7.72. The maximum Gasteiger partial charge on any atom is 0.313 e. The van der Waals surface area contributed by atoms with Crippen molar-refractivity contribution < 1.29 is 14.3 Å². The third-order valence-electron chi connectivity index (χ3n) is 2.46. The van der Waals surface area contributed by atoms with Gasteiger partial charge in [-0.25, -0.2) is 0 Å². The smallest absolute Gasteiger partial charge is 0.313 e. The van der Waals surface area contributed by atoms with Gasteiger partial charge in [-0.2, -0.15) is 0 Å². The standard InChI is InChI=1S/C13H18ClN3O3/c1-17(2)7-6-15-12(18)13(19)16-10-8-9(14)4-5-11(10)20-3/h4-5,8H,6-7H2,1-3H3,(H,15,18)(H,16,19). The summed E-state index contributed by atoms with van der Waals surface area (Å²) in [7, 11) is 5.22. The Balaban J connectivity index is 2.61. The van der Waals surface area contributed by atoms with Crippen LogP contribution in [0.3, 0.4) is 0 Å². The molecule has 110 valence electrons. The van der Waals surface area contributed by atoms with Gasteiger partial charge in [-0.15, -0.1) is 0 Å². The van der Waals surface area contributed by atoms with Crippen molar-refractivity contribution in [3.63, 3.8) is 0 Å². The third-order valence-corrected chi connectivity index (χ3v) is 2.70. The van der Waals surface area contributed by atoms with Crippen molar-refractivity contribution in [2.75, 3.05) is 39.6 Å². The van der Waals surface area contributed by atoms with Gasteiger partial charge in [-0.3, -0.25) is 9.59 Å². The van der Waals surface area contributed by atoms with Crippen molar-refractivity contribution in [2.24, 2.45) is 0 Å². The Bertz CT molecular complexity index is 492. The minimum Gasteiger partial charge on any atom is -0.495 e. The molecule has 1 aromatic carbocycles. The summed E-state index contributed by atoms with van der Waals surface area (Å²) in [6.07, 6.45) is 0. The molecular weight excluding hydrogens is 282 g/mol. The van der Waals surface area contributed by atoms with Crippen LogP contribution >= 0.6 is 11.6 Å². The van der Waals surface area contributed by atoms with Gasteiger partial charge in [0.25, 0.3) is 0 Å². The molecule has 6 nitrogen and oxygen atoms in total. The molecule has 1 rings (SSSR count).